The molecule has 0 amide bonds. The van der Waals surface area contributed by atoms with Crippen molar-refractivity contribution in [3.63, 3.8) is 0 Å². The van der Waals surface area contributed by atoms with Gasteiger partial charge in [-0.05, 0) is 50.4 Å². The summed E-state index contributed by atoms with van der Waals surface area (Å²) in [5.41, 5.74) is 1.09. The van der Waals surface area contributed by atoms with E-state index in [-0.39, 0.29) is 11.6 Å². The molecule has 0 aromatic heterocycles. The van der Waals surface area contributed by atoms with Crippen LogP contribution in [0, 0.1) is 0 Å². The maximum absolute atomic E-state index is 10.9. The quantitative estimate of drug-likeness (QED) is 0.916. The molecular weight excluding hydrogens is 270 g/mol. The molecular formula is C17H24ClNO. The first kappa shape index (κ1) is 14.4. The Labute approximate surface area is 126 Å². The number of aliphatic hydroxyl groups is 1. The van der Waals surface area contributed by atoms with E-state index in [1.807, 2.05) is 24.3 Å². The molecule has 1 saturated heterocycles. The predicted octanol–water partition coefficient (Wildman–Crippen LogP) is 3.65. The summed E-state index contributed by atoms with van der Waals surface area (Å²) in [6.07, 6.45) is 7.70. The molecule has 110 valence electrons. The molecule has 0 bridgehead atoms. The van der Waals surface area contributed by atoms with E-state index in [4.69, 9.17) is 11.6 Å². The average Bonchev–Trinajstić information content (AvgIpc) is 3.12. The highest BCUT2D eigenvalue weighted by atomic mass is 35.5. The molecule has 2 aliphatic rings. The van der Waals surface area contributed by atoms with Crippen molar-refractivity contribution in [3.05, 3.63) is 34.9 Å². The van der Waals surface area contributed by atoms with E-state index >= 15 is 0 Å². The Morgan fingerprint density at radius 2 is 1.75 bits per heavy atom. The monoisotopic (exact) mass is 293 g/mol. The highest BCUT2D eigenvalue weighted by Crippen LogP contribution is 2.41. The van der Waals surface area contributed by atoms with Gasteiger partial charge >= 0.3 is 0 Å². The molecule has 3 heteroatoms. The second-order valence-electron chi connectivity index (χ2n) is 6.32. The Bertz CT molecular complexity index is 450. The Kier molecular flexibility index (Phi) is 4.34. The van der Waals surface area contributed by atoms with Crippen molar-refractivity contribution >= 4 is 11.6 Å². The highest BCUT2D eigenvalue weighted by molar-refractivity contribution is 6.31. The smallest absolute Gasteiger partial charge is 0.0764 e. The molecule has 2 nitrogen and oxygen atoms in total. The van der Waals surface area contributed by atoms with Gasteiger partial charge in [-0.2, -0.15) is 0 Å². The summed E-state index contributed by atoms with van der Waals surface area (Å²) >= 11 is 6.26. The van der Waals surface area contributed by atoms with Gasteiger partial charge in [-0.1, -0.05) is 42.6 Å². The molecule has 1 aromatic rings. The summed E-state index contributed by atoms with van der Waals surface area (Å²) in [5, 5.41) is 11.7. The summed E-state index contributed by atoms with van der Waals surface area (Å²) in [4.78, 5) is 2.56. The summed E-state index contributed by atoms with van der Waals surface area (Å²) in [7, 11) is 0. The van der Waals surface area contributed by atoms with Gasteiger partial charge in [0.15, 0.2) is 0 Å². The number of aliphatic hydroxyl groups excluding tert-OH is 1. The van der Waals surface area contributed by atoms with Gasteiger partial charge in [-0.25, -0.2) is 0 Å². The zero-order valence-corrected chi connectivity index (χ0v) is 12.8. The van der Waals surface area contributed by atoms with Crippen LogP contribution in [0.3, 0.4) is 0 Å². The normalized spacial score (nSPS) is 24.1. The number of likely N-dealkylation sites (tertiary alicyclic amines) is 1. The first-order valence-electron chi connectivity index (χ1n) is 7.89. The van der Waals surface area contributed by atoms with Crippen LogP contribution in [0.15, 0.2) is 24.3 Å². The average molecular weight is 294 g/mol. The molecule has 1 atom stereocenters. The third kappa shape index (κ3) is 2.61. The van der Waals surface area contributed by atoms with Gasteiger partial charge in [0.25, 0.3) is 0 Å². The molecule has 1 unspecified atom stereocenters. The standard InChI is InChI=1S/C17H24ClNO/c18-15-8-2-1-7-14(15)13-16(20)17(9-3-4-10-17)19-11-5-6-12-19/h1-2,7-8,16,20H,3-6,9-13H2. The van der Waals surface area contributed by atoms with Gasteiger partial charge in [0.05, 0.1) is 6.10 Å². The number of nitrogens with zero attached hydrogens (tertiary/aromatic N) is 1. The largest absolute Gasteiger partial charge is 0.391 e. The van der Waals surface area contributed by atoms with Crippen molar-refractivity contribution in [2.24, 2.45) is 0 Å². The third-order valence-corrected chi connectivity index (χ3v) is 5.57. The van der Waals surface area contributed by atoms with Crippen LogP contribution in [0.4, 0.5) is 0 Å². The van der Waals surface area contributed by atoms with Gasteiger partial charge in [0, 0.05) is 17.0 Å². The van der Waals surface area contributed by atoms with Crippen LogP contribution in [0.2, 0.25) is 5.02 Å². The molecule has 1 heterocycles. The van der Waals surface area contributed by atoms with E-state index in [9.17, 15) is 5.11 Å². The molecule has 1 aromatic carbocycles. The lowest BCUT2D eigenvalue weighted by Crippen LogP contribution is -2.54. The molecule has 20 heavy (non-hydrogen) atoms. The molecule has 0 spiro atoms. The fourth-order valence-corrected chi connectivity index (χ4v) is 4.29. The van der Waals surface area contributed by atoms with Gasteiger partial charge in [0.1, 0.15) is 0 Å². The molecule has 1 aliphatic heterocycles. The Hall–Kier alpha value is -0.570. The maximum atomic E-state index is 10.9. The molecule has 1 saturated carbocycles. The zero-order chi connectivity index (χ0) is 14.0. The van der Waals surface area contributed by atoms with Crippen molar-refractivity contribution in [2.45, 2.75) is 56.6 Å². The summed E-state index contributed by atoms with van der Waals surface area (Å²) in [5.74, 6) is 0. The second-order valence-corrected chi connectivity index (χ2v) is 6.72. The van der Waals surface area contributed by atoms with E-state index in [1.54, 1.807) is 0 Å². The third-order valence-electron chi connectivity index (χ3n) is 5.20. The summed E-state index contributed by atoms with van der Waals surface area (Å²) in [6.45, 7) is 2.30. The first-order valence-corrected chi connectivity index (χ1v) is 8.27. The minimum atomic E-state index is -0.303. The van der Waals surface area contributed by atoms with Crippen LogP contribution in [-0.4, -0.2) is 34.7 Å². The minimum absolute atomic E-state index is 0.00959. The Morgan fingerprint density at radius 3 is 2.40 bits per heavy atom. The van der Waals surface area contributed by atoms with Crippen LogP contribution >= 0.6 is 11.6 Å². The van der Waals surface area contributed by atoms with Gasteiger partial charge < -0.3 is 5.11 Å². The van der Waals surface area contributed by atoms with E-state index < -0.39 is 0 Å². The van der Waals surface area contributed by atoms with Crippen LogP contribution in [0.1, 0.15) is 44.1 Å². The van der Waals surface area contributed by atoms with Crippen molar-refractivity contribution in [2.75, 3.05) is 13.1 Å². The van der Waals surface area contributed by atoms with Crippen LogP contribution < -0.4 is 0 Å². The Morgan fingerprint density at radius 1 is 1.10 bits per heavy atom. The van der Waals surface area contributed by atoms with E-state index in [1.165, 1.54) is 25.7 Å². The predicted molar refractivity (Wildman–Crippen MR) is 83.2 cm³/mol. The maximum Gasteiger partial charge on any atom is 0.0764 e. The van der Waals surface area contributed by atoms with Gasteiger partial charge in [0.2, 0.25) is 0 Å². The van der Waals surface area contributed by atoms with Crippen LogP contribution in [-0.2, 0) is 6.42 Å². The van der Waals surface area contributed by atoms with E-state index in [0.717, 1.165) is 36.5 Å². The molecule has 0 radical (unpaired) electrons. The zero-order valence-electron chi connectivity index (χ0n) is 12.0. The van der Waals surface area contributed by atoms with Crippen LogP contribution in [0.5, 0.6) is 0 Å². The Balaban J connectivity index is 1.79. The lowest BCUT2D eigenvalue weighted by atomic mass is 9.85. The van der Waals surface area contributed by atoms with Gasteiger partial charge in [-0.3, -0.25) is 4.90 Å². The molecule has 1 N–H and O–H groups in total. The highest BCUT2D eigenvalue weighted by Gasteiger charge is 2.45. The topological polar surface area (TPSA) is 23.5 Å². The fraction of sp³-hybridized carbons (Fsp3) is 0.647. The number of rotatable bonds is 4. The van der Waals surface area contributed by atoms with E-state index in [2.05, 4.69) is 4.90 Å². The molecule has 2 fully saturated rings. The number of halogens is 1. The molecule has 1 aliphatic carbocycles. The fourth-order valence-electron chi connectivity index (χ4n) is 4.07. The van der Waals surface area contributed by atoms with Crippen molar-refractivity contribution in [1.29, 1.82) is 0 Å². The number of hydrogen-bond acceptors (Lipinski definition) is 2. The lowest BCUT2D eigenvalue weighted by molar-refractivity contribution is -0.0171. The van der Waals surface area contributed by atoms with Crippen molar-refractivity contribution < 1.29 is 5.11 Å². The minimum Gasteiger partial charge on any atom is -0.391 e. The van der Waals surface area contributed by atoms with Crippen molar-refractivity contribution in [1.82, 2.24) is 4.90 Å². The number of benzene rings is 1. The number of hydrogen-bond donors (Lipinski definition) is 1. The van der Waals surface area contributed by atoms with Crippen LogP contribution in [0.25, 0.3) is 0 Å². The second kappa shape index (κ2) is 6.05. The van der Waals surface area contributed by atoms with Gasteiger partial charge in [-0.15, -0.1) is 0 Å². The lowest BCUT2D eigenvalue weighted by Gasteiger charge is -2.43. The van der Waals surface area contributed by atoms with E-state index in [0.29, 0.717) is 6.42 Å². The molecule has 3 rings (SSSR count). The SMILES string of the molecule is OC(Cc1ccccc1Cl)C1(N2CCCC2)CCCC1. The first-order chi connectivity index (χ1) is 9.72. The summed E-state index contributed by atoms with van der Waals surface area (Å²) < 4.78 is 0. The summed E-state index contributed by atoms with van der Waals surface area (Å²) in [6, 6.07) is 7.91. The van der Waals surface area contributed by atoms with Crippen molar-refractivity contribution in [3.8, 4) is 0 Å².